The maximum Gasteiger partial charge on any atom is 0.508 e. The van der Waals surface area contributed by atoms with Crippen LogP contribution in [0.15, 0.2) is 0 Å². The van der Waals surface area contributed by atoms with Gasteiger partial charge in [-0.1, -0.05) is 0 Å². The topological polar surface area (TPSA) is 35.5 Å². The maximum atomic E-state index is 10.1. The molecule has 0 atom stereocenters. The van der Waals surface area contributed by atoms with Crippen molar-refractivity contribution in [2.45, 2.75) is 0 Å². The molecule has 1 aliphatic heterocycles. The molecule has 0 unspecified atom stereocenters. The Bertz CT molecular complexity index is 89.8. The predicted molar refractivity (Wildman–Crippen MR) is 26.1 cm³/mol. The number of carbonyl (C=O) groups is 1. The fourth-order valence-electron chi connectivity index (χ4n) is 0.462. The molecule has 1 rings (SSSR count). The van der Waals surface area contributed by atoms with Crippen LogP contribution in [0, 0.1) is 12.8 Å². The van der Waals surface area contributed by atoms with Crippen LogP contribution in [0.4, 0.5) is 4.79 Å². The molecular formula is C5H7O3. The summed E-state index contributed by atoms with van der Waals surface area (Å²) in [5.41, 5.74) is 0. The lowest BCUT2D eigenvalue weighted by molar-refractivity contribution is -0.000801. The number of ether oxygens (including phenoxy) is 2. The van der Waals surface area contributed by atoms with E-state index in [1.54, 1.807) is 0 Å². The van der Waals surface area contributed by atoms with Gasteiger partial charge in [-0.15, -0.1) is 0 Å². The van der Waals surface area contributed by atoms with Gasteiger partial charge in [-0.2, -0.15) is 0 Å². The van der Waals surface area contributed by atoms with Crippen LogP contribution in [0.2, 0.25) is 0 Å². The second kappa shape index (κ2) is 2.03. The van der Waals surface area contributed by atoms with E-state index in [4.69, 9.17) is 0 Å². The summed E-state index contributed by atoms with van der Waals surface area (Å²) in [6.07, 6.45) is -0.579. The first-order chi connectivity index (χ1) is 3.79. The highest BCUT2D eigenvalue weighted by Gasteiger charge is 2.15. The standard InChI is InChI=1S/C5H7O3/c1-4-2-7-5(6)8-3-4/h4H,1-3H2. The van der Waals surface area contributed by atoms with Crippen LogP contribution in [0.3, 0.4) is 0 Å². The molecule has 0 bridgehead atoms. The Morgan fingerprint density at radius 1 is 1.50 bits per heavy atom. The number of hydrogen-bond donors (Lipinski definition) is 0. The Morgan fingerprint density at radius 3 is 2.38 bits per heavy atom. The molecule has 1 heterocycles. The molecule has 0 aromatic carbocycles. The molecule has 0 amide bonds. The third-order valence-corrected chi connectivity index (χ3v) is 0.874. The zero-order valence-corrected chi connectivity index (χ0v) is 4.42. The number of hydrogen-bond acceptors (Lipinski definition) is 3. The first-order valence-corrected chi connectivity index (χ1v) is 2.41. The second-order valence-corrected chi connectivity index (χ2v) is 1.74. The van der Waals surface area contributed by atoms with Crippen LogP contribution in [0.25, 0.3) is 0 Å². The van der Waals surface area contributed by atoms with E-state index in [1.165, 1.54) is 0 Å². The fourth-order valence-corrected chi connectivity index (χ4v) is 0.462. The van der Waals surface area contributed by atoms with Crippen molar-refractivity contribution in [3.05, 3.63) is 6.92 Å². The molecule has 0 aromatic heterocycles. The van der Waals surface area contributed by atoms with Crippen molar-refractivity contribution in [1.29, 1.82) is 0 Å². The molecule has 3 nitrogen and oxygen atoms in total. The van der Waals surface area contributed by atoms with Gasteiger partial charge in [-0.05, 0) is 6.92 Å². The van der Waals surface area contributed by atoms with Gasteiger partial charge in [0.15, 0.2) is 0 Å². The molecule has 1 fully saturated rings. The van der Waals surface area contributed by atoms with Gasteiger partial charge >= 0.3 is 6.16 Å². The minimum atomic E-state index is -0.579. The zero-order valence-electron chi connectivity index (χ0n) is 4.42. The van der Waals surface area contributed by atoms with E-state index in [0.717, 1.165) is 0 Å². The van der Waals surface area contributed by atoms with Crippen molar-refractivity contribution in [3.8, 4) is 0 Å². The fraction of sp³-hybridized carbons (Fsp3) is 0.600. The summed E-state index contributed by atoms with van der Waals surface area (Å²) in [5.74, 6) is 0.104. The molecule has 0 aromatic rings. The predicted octanol–water partition coefficient (Wildman–Crippen LogP) is 0.603. The summed E-state index contributed by atoms with van der Waals surface area (Å²) in [4.78, 5) is 10.1. The molecule has 1 radical (unpaired) electrons. The van der Waals surface area contributed by atoms with Crippen molar-refractivity contribution in [2.24, 2.45) is 5.92 Å². The average molecular weight is 115 g/mol. The summed E-state index contributed by atoms with van der Waals surface area (Å²) < 4.78 is 8.93. The summed E-state index contributed by atoms with van der Waals surface area (Å²) in [5, 5.41) is 0. The van der Waals surface area contributed by atoms with E-state index in [1.807, 2.05) is 0 Å². The van der Waals surface area contributed by atoms with Crippen LogP contribution in [0.5, 0.6) is 0 Å². The first kappa shape index (κ1) is 5.41. The van der Waals surface area contributed by atoms with Gasteiger partial charge < -0.3 is 9.47 Å². The van der Waals surface area contributed by atoms with Crippen LogP contribution in [0.1, 0.15) is 0 Å². The highest BCUT2D eigenvalue weighted by Crippen LogP contribution is 2.03. The SMILES string of the molecule is [CH2]C1COC(=O)OC1. The van der Waals surface area contributed by atoms with E-state index in [2.05, 4.69) is 16.4 Å². The molecule has 8 heavy (non-hydrogen) atoms. The van der Waals surface area contributed by atoms with Crippen molar-refractivity contribution < 1.29 is 14.3 Å². The highest BCUT2D eigenvalue weighted by molar-refractivity contribution is 5.60. The van der Waals surface area contributed by atoms with E-state index in [-0.39, 0.29) is 5.92 Å². The quantitative estimate of drug-likeness (QED) is 0.434. The number of rotatable bonds is 0. The number of carbonyl (C=O) groups excluding carboxylic acids is 1. The zero-order chi connectivity index (χ0) is 5.98. The van der Waals surface area contributed by atoms with Gasteiger partial charge in [0.05, 0.1) is 0 Å². The van der Waals surface area contributed by atoms with E-state index in [0.29, 0.717) is 13.2 Å². The van der Waals surface area contributed by atoms with Crippen LogP contribution in [-0.2, 0) is 9.47 Å². The van der Waals surface area contributed by atoms with Crippen LogP contribution >= 0.6 is 0 Å². The monoisotopic (exact) mass is 115 g/mol. The van der Waals surface area contributed by atoms with Crippen molar-refractivity contribution >= 4 is 6.16 Å². The lowest BCUT2D eigenvalue weighted by Gasteiger charge is -2.16. The van der Waals surface area contributed by atoms with Gasteiger partial charge in [-0.3, -0.25) is 0 Å². The van der Waals surface area contributed by atoms with Gasteiger partial charge in [0.25, 0.3) is 0 Å². The van der Waals surface area contributed by atoms with Crippen LogP contribution < -0.4 is 0 Å². The smallest absolute Gasteiger partial charge is 0.434 e. The number of cyclic esters (lactones) is 2. The van der Waals surface area contributed by atoms with Gasteiger partial charge in [0.1, 0.15) is 13.2 Å². The van der Waals surface area contributed by atoms with Crippen molar-refractivity contribution in [2.75, 3.05) is 13.2 Å². The van der Waals surface area contributed by atoms with Gasteiger partial charge in [-0.25, -0.2) is 4.79 Å². The molecule has 0 spiro atoms. The summed E-state index contributed by atoms with van der Waals surface area (Å²) in [7, 11) is 0. The first-order valence-electron chi connectivity index (χ1n) is 2.41. The Hall–Kier alpha value is -0.730. The van der Waals surface area contributed by atoms with Crippen molar-refractivity contribution in [1.82, 2.24) is 0 Å². The van der Waals surface area contributed by atoms with E-state index >= 15 is 0 Å². The molecule has 0 saturated carbocycles. The molecule has 3 heteroatoms. The van der Waals surface area contributed by atoms with Crippen molar-refractivity contribution in [3.63, 3.8) is 0 Å². The molecule has 1 saturated heterocycles. The highest BCUT2D eigenvalue weighted by atomic mass is 16.7. The lowest BCUT2D eigenvalue weighted by Crippen LogP contribution is -2.25. The average Bonchev–Trinajstić information content (AvgIpc) is 1.77. The van der Waals surface area contributed by atoms with Gasteiger partial charge in [0.2, 0.25) is 0 Å². The largest absolute Gasteiger partial charge is 0.508 e. The van der Waals surface area contributed by atoms with E-state index in [9.17, 15) is 4.79 Å². The Labute approximate surface area is 47.6 Å². The third-order valence-electron chi connectivity index (χ3n) is 0.874. The minimum Gasteiger partial charge on any atom is -0.434 e. The Morgan fingerprint density at radius 2 is 2.00 bits per heavy atom. The molecular weight excluding hydrogens is 108 g/mol. The normalized spacial score (nSPS) is 21.9. The van der Waals surface area contributed by atoms with Crippen LogP contribution in [-0.4, -0.2) is 19.4 Å². The third kappa shape index (κ3) is 1.12. The second-order valence-electron chi connectivity index (χ2n) is 1.74. The maximum absolute atomic E-state index is 10.1. The van der Waals surface area contributed by atoms with E-state index < -0.39 is 6.16 Å². The Balaban J connectivity index is 2.29. The molecule has 0 N–H and O–H groups in total. The minimum absolute atomic E-state index is 0.104. The summed E-state index contributed by atoms with van der Waals surface area (Å²) in [6, 6.07) is 0. The molecule has 45 valence electrons. The molecule has 0 aliphatic carbocycles. The van der Waals surface area contributed by atoms with Gasteiger partial charge in [0, 0.05) is 5.92 Å². The summed E-state index contributed by atoms with van der Waals surface area (Å²) in [6.45, 7) is 4.41. The summed E-state index contributed by atoms with van der Waals surface area (Å²) >= 11 is 0. The Kier molecular flexibility index (Phi) is 1.37. The molecule has 1 aliphatic rings. The lowest BCUT2D eigenvalue weighted by atomic mass is 10.2.